The maximum atomic E-state index is 12.4. The van der Waals surface area contributed by atoms with Crippen LogP contribution in [0, 0.1) is 28.6 Å². The number of hydrogen-bond acceptors (Lipinski definition) is 4. The van der Waals surface area contributed by atoms with E-state index in [0.29, 0.717) is 6.42 Å². The number of carboxylic acid groups (broad SMARTS) is 3. The molecule has 0 bridgehead atoms. The van der Waals surface area contributed by atoms with E-state index in [2.05, 4.69) is 6.92 Å². The summed E-state index contributed by atoms with van der Waals surface area (Å²) in [5.74, 6) is -6.54. The normalized spacial score (nSPS) is 21.8. The molecule has 0 heterocycles. The third-order valence-corrected chi connectivity index (χ3v) is 5.94. The van der Waals surface area contributed by atoms with Crippen molar-refractivity contribution in [3.05, 3.63) is 23.3 Å². The summed E-state index contributed by atoms with van der Waals surface area (Å²) in [6.07, 6.45) is 11.3. The fourth-order valence-electron chi connectivity index (χ4n) is 4.38. The van der Waals surface area contributed by atoms with Crippen molar-refractivity contribution >= 4 is 17.9 Å². The van der Waals surface area contributed by atoms with E-state index in [4.69, 9.17) is 0 Å². The number of carbonyl (C=O) groups is 3. The maximum Gasteiger partial charge on any atom is 0.335 e. The lowest BCUT2D eigenvalue weighted by atomic mass is 9.60. The summed E-state index contributed by atoms with van der Waals surface area (Å²) in [5, 5.41) is 38.8. The Morgan fingerprint density at radius 3 is 2.00 bits per heavy atom. The summed E-state index contributed by atoms with van der Waals surface area (Å²) in [6.45, 7) is 3.58. The molecule has 0 amide bonds. The molecule has 0 radical (unpaired) electrons. The van der Waals surface area contributed by atoms with Crippen LogP contribution in [0.5, 0.6) is 0 Å². The number of aliphatic carboxylic acids is 3. The number of nitrogens with zero attached hydrogens (tertiary/aromatic N) is 1. The average molecular weight is 420 g/mol. The SMILES string of the molecule is CCCCCCCCCCCC1(C(=O)O)C(C(C)C#N)=C(C(=O)O)C=CC1C(=O)O. The fourth-order valence-corrected chi connectivity index (χ4v) is 4.38. The molecule has 0 aromatic heterocycles. The van der Waals surface area contributed by atoms with E-state index in [1.807, 2.05) is 6.07 Å². The number of unbranched alkanes of at least 4 members (excludes halogenated alkanes) is 8. The highest BCUT2D eigenvalue weighted by atomic mass is 16.4. The van der Waals surface area contributed by atoms with Gasteiger partial charge in [-0.3, -0.25) is 9.59 Å². The predicted molar refractivity (Wildman–Crippen MR) is 112 cm³/mol. The molecule has 0 saturated carbocycles. The molecule has 0 aromatic carbocycles. The summed E-state index contributed by atoms with van der Waals surface area (Å²) in [4.78, 5) is 36.1. The quantitative estimate of drug-likeness (QED) is 0.344. The molecule has 30 heavy (non-hydrogen) atoms. The molecule has 0 aromatic rings. The summed E-state index contributed by atoms with van der Waals surface area (Å²) < 4.78 is 0. The first-order chi connectivity index (χ1) is 14.2. The van der Waals surface area contributed by atoms with E-state index in [1.165, 1.54) is 32.6 Å². The summed E-state index contributed by atoms with van der Waals surface area (Å²) in [5.41, 5.74) is -2.34. The van der Waals surface area contributed by atoms with Gasteiger partial charge in [-0.15, -0.1) is 0 Å². The van der Waals surface area contributed by atoms with Gasteiger partial charge < -0.3 is 15.3 Å². The second kappa shape index (κ2) is 12.2. The van der Waals surface area contributed by atoms with Crippen molar-refractivity contribution < 1.29 is 29.7 Å². The highest BCUT2D eigenvalue weighted by molar-refractivity contribution is 5.97. The zero-order chi connectivity index (χ0) is 22.7. The van der Waals surface area contributed by atoms with Gasteiger partial charge in [-0.25, -0.2) is 4.79 Å². The van der Waals surface area contributed by atoms with Crippen molar-refractivity contribution in [1.82, 2.24) is 0 Å². The van der Waals surface area contributed by atoms with Gasteiger partial charge in [0.15, 0.2) is 0 Å². The molecule has 0 saturated heterocycles. The van der Waals surface area contributed by atoms with Crippen LogP contribution in [0.25, 0.3) is 0 Å². The lowest BCUT2D eigenvalue weighted by Crippen LogP contribution is -2.47. The Morgan fingerprint density at radius 2 is 1.57 bits per heavy atom. The minimum absolute atomic E-state index is 0.0163. The van der Waals surface area contributed by atoms with Crippen LogP contribution in [-0.4, -0.2) is 33.2 Å². The van der Waals surface area contributed by atoms with E-state index in [1.54, 1.807) is 0 Å². The van der Waals surface area contributed by atoms with Gasteiger partial charge in [0.1, 0.15) is 5.41 Å². The minimum Gasteiger partial charge on any atom is -0.481 e. The highest BCUT2D eigenvalue weighted by Gasteiger charge is 2.55. The van der Waals surface area contributed by atoms with Gasteiger partial charge in [0.25, 0.3) is 0 Å². The Labute approximate surface area is 178 Å². The van der Waals surface area contributed by atoms with E-state index in [-0.39, 0.29) is 17.6 Å². The first kappa shape index (κ1) is 25.4. The standard InChI is InChI=1S/C23H33NO6/c1-3-4-5-6-7-8-9-10-11-14-23(22(29)30)18(21(27)28)13-12-17(20(25)26)19(23)16(2)15-24/h12-13,16,18H,3-11,14H2,1-2H3,(H,25,26)(H,27,28)(H,29,30). The van der Waals surface area contributed by atoms with Gasteiger partial charge in [-0.1, -0.05) is 76.9 Å². The second-order valence-corrected chi connectivity index (χ2v) is 8.01. The zero-order valence-corrected chi connectivity index (χ0v) is 17.9. The maximum absolute atomic E-state index is 12.4. The van der Waals surface area contributed by atoms with E-state index in [9.17, 15) is 35.0 Å². The van der Waals surface area contributed by atoms with Crippen LogP contribution < -0.4 is 0 Å². The lowest BCUT2D eigenvalue weighted by molar-refractivity contribution is -0.158. The Balaban J connectivity index is 3.06. The Hall–Kier alpha value is -2.62. The van der Waals surface area contributed by atoms with Crippen molar-refractivity contribution in [3.63, 3.8) is 0 Å². The molecule has 3 N–H and O–H groups in total. The zero-order valence-electron chi connectivity index (χ0n) is 17.9. The van der Waals surface area contributed by atoms with Crippen molar-refractivity contribution in [2.24, 2.45) is 17.3 Å². The molecule has 1 rings (SSSR count). The van der Waals surface area contributed by atoms with Gasteiger partial charge >= 0.3 is 17.9 Å². The molecule has 0 fully saturated rings. The Bertz CT molecular complexity index is 732. The monoisotopic (exact) mass is 419 g/mol. The molecule has 7 heteroatoms. The van der Waals surface area contributed by atoms with Crippen LogP contribution in [0.15, 0.2) is 23.3 Å². The molecule has 0 spiro atoms. The van der Waals surface area contributed by atoms with Gasteiger partial charge in [0, 0.05) is 0 Å². The van der Waals surface area contributed by atoms with Crippen molar-refractivity contribution in [2.75, 3.05) is 0 Å². The Kier molecular flexibility index (Phi) is 10.3. The molecule has 3 unspecified atom stereocenters. The van der Waals surface area contributed by atoms with E-state index in [0.717, 1.165) is 37.8 Å². The third kappa shape index (κ3) is 5.94. The van der Waals surface area contributed by atoms with Crippen LogP contribution in [0.2, 0.25) is 0 Å². The fraction of sp³-hybridized carbons (Fsp3) is 0.652. The van der Waals surface area contributed by atoms with Gasteiger partial charge in [0.2, 0.25) is 0 Å². The summed E-state index contributed by atoms with van der Waals surface area (Å²) >= 11 is 0. The van der Waals surface area contributed by atoms with Gasteiger partial charge in [-0.05, 0) is 18.9 Å². The predicted octanol–water partition coefficient (Wildman–Crippen LogP) is 4.79. The number of hydrogen-bond donors (Lipinski definition) is 3. The van der Waals surface area contributed by atoms with Crippen molar-refractivity contribution in [2.45, 2.75) is 78.1 Å². The first-order valence-electron chi connectivity index (χ1n) is 10.8. The largest absolute Gasteiger partial charge is 0.481 e. The molecular formula is C23H33NO6. The van der Waals surface area contributed by atoms with Crippen LogP contribution in [-0.2, 0) is 14.4 Å². The second-order valence-electron chi connectivity index (χ2n) is 8.01. The van der Waals surface area contributed by atoms with Crippen molar-refractivity contribution in [1.29, 1.82) is 5.26 Å². The van der Waals surface area contributed by atoms with Crippen LogP contribution in [0.3, 0.4) is 0 Å². The third-order valence-electron chi connectivity index (χ3n) is 5.94. The van der Waals surface area contributed by atoms with Crippen molar-refractivity contribution in [3.8, 4) is 6.07 Å². The first-order valence-corrected chi connectivity index (χ1v) is 10.8. The molecular weight excluding hydrogens is 386 g/mol. The molecule has 0 aliphatic heterocycles. The lowest BCUT2D eigenvalue weighted by Gasteiger charge is -2.40. The van der Waals surface area contributed by atoms with Crippen LogP contribution in [0.4, 0.5) is 0 Å². The number of rotatable bonds is 14. The van der Waals surface area contributed by atoms with Crippen LogP contribution >= 0.6 is 0 Å². The number of nitriles is 1. The molecule has 7 nitrogen and oxygen atoms in total. The van der Waals surface area contributed by atoms with E-state index >= 15 is 0 Å². The average Bonchev–Trinajstić information content (AvgIpc) is 2.70. The van der Waals surface area contributed by atoms with Gasteiger partial charge in [-0.2, -0.15) is 5.26 Å². The number of carboxylic acids is 3. The molecule has 1 aliphatic rings. The smallest absolute Gasteiger partial charge is 0.335 e. The topological polar surface area (TPSA) is 136 Å². The Morgan fingerprint density at radius 1 is 1.03 bits per heavy atom. The summed E-state index contributed by atoms with van der Waals surface area (Å²) in [7, 11) is 0. The summed E-state index contributed by atoms with van der Waals surface area (Å²) in [6, 6.07) is 1.91. The highest BCUT2D eigenvalue weighted by Crippen LogP contribution is 2.49. The van der Waals surface area contributed by atoms with Gasteiger partial charge in [0.05, 0.1) is 23.5 Å². The van der Waals surface area contributed by atoms with Crippen LogP contribution in [0.1, 0.15) is 78.1 Å². The molecule has 3 atom stereocenters. The molecule has 166 valence electrons. The molecule has 1 aliphatic carbocycles. The van der Waals surface area contributed by atoms with E-state index < -0.39 is 35.2 Å². The minimum atomic E-state index is -1.94.